The average molecular weight is 435 g/mol. The molecule has 2 aromatic carbocycles. The van der Waals surface area contributed by atoms with Crippen LogP contribution in [0.2, 0.25) is 0 Å². The second-order valence-electron chi connectivity index (χ2n) is 8.28. The molecule has 0 spiro atoms. The van der Waals surface area contributed by atoms with Gasteiger partial charge in [-0.25, -0.2) is 9.67 Å². The minimum Gasteiger partial charge on any atom is -0.486 e. The molecule has 7 nitrogen and oxygen atoms in total. The van der Waals surface area contributed by atoms with Gasteiger partial charge in [-0.1, -0.05) is 43.3 Å². The van der Waals surface area contributed by atoms with Crippen molar-refractivity contribution in [2.45, 2.75) is 46.2 Å². The fourth-order valence-electron chi connectivity index (χ4n) is 3.95. The Balaban J connectivity index is 1.50. The molecular formula is C25H30N4O3. The molecule has 2 unspecified atom stereocenters. The monoisotopic (exact) mass is 434 g/mol. The van der Waals surface area contributed by atoms with E-state index < -0.39 is 0 Å². The maximum absolute atomic E-state index is 13.1. The van der Waals surface area contributed by atoms with Crippen molar-refractivity contribution in [3.05, 3.63) is 71.3 Å². The van der Waals surface area contributed by atoms with Crippen LogP contribution in [0, 0.1) is 19.8 Å². The van der Waals surface area contributed by atoms with Gasteiger partial charge in [0.15, 0.2) is 11.5 Å². The van der Waals surface area contributed by atoms with Crippen molar-refractivity contribution in [3.63, 3.8) is 0 Å². The second kappa shape index (κ2) is 9.85. The molecule has 0 bridgehead atoms. The van der Waals surface area contributed by atoms with E-state index in [0.717, 1.165) is 35.7 Å². The average Bonchev–Trinajstić information content (AvgIpc) is 3.13. The fourth-order valence-corrected chi connectivity index (χ4v) is 3.95. The summed E-state index contributed by atoms with van der Waals surface area (Å²) in [5.41, 5.74) is 2.25. The van der Waals surface area contributed by atoms with E-state index in [2.05, 4.69) is 27.5 Å². The summed E-state index contributed by atoms with van der Waals surface area (Å²) in [6.45, 7) is 7.26. The molecule has 1 aliphatic heterocycles. The number of fused-ring (bicyclic) bond motifs is 1. The molecule has 1 aromatic heterocycles. The topological polar surface area (TPSA) is 78.3 Å². The summed E-state index contributed by atoms with van der Waals surface area (Å²) in [6, 6.07) is 16.1. The van der Waals surface area contributed by atoms with E-state index in [9.17, 15) is 4.79 Å². The Morgan fingerprint density at radius 2 is 1.84 bits per heavy atom. The molecule has 7 heteroatoms. The van der Waals surface area contributed by atoms with E-state index >= 15 is 0 Å². The van der Waals surface area contributed by atoms with Gasteiger partial charge in [0.05, 0.1) is 18.5 Å². The van der Waals surface area contributed by atoms with Gasteiger partial charge in [-0.15, -0.1) is 0 Å². The van der Waals surface area contributed by atoms with Crippen molar-refractivity contribution in [3.8, 4) is 11.5 Å². The number of benzene rings is 2. The summed E-state index contributed by atoms with van der Waals surface area (Å²) in [4.78, 5) is 17.5. The first-order valence-corrected chi connectivity index (χ1v) is 11.1. The number of hydrogen-bond donors (Lipinski definition) is 1. The fraction of sp³-hybridized carbons (Fsp3) is 0.400. The Morgan fingerprint density at radius 3 is 2.56 bits per heavy atom. The van der Waals surface area contributed by atoms with Gasteiger partial charge in [-0.3, -0.25) is 4.79 Å². The zero-order valence-corrected chi connectivity index (χ0v) is 18.9. The van der Waals surface area contributed by atoms with E-state index in [0.29, 0.717) is 25.6 Å². The first-order valence-electron chi connectivity index (χ1n) is 11.1. The number of nitrogens with zero attached hydrogens (tertiary/aromatic N) is 3. The van der Waals surface area contributed by atoms with Crippen molar-refractivity contribution >= 4 is 5.91 Å². The number of aryl methyl sites for hydroxylation is 3. The lowest BCUT2D eigenvalue weighted by Crippen LogP contribution is -2.35. The van der Waals surface area contributed by atoms with Gasteiger partial charge in [0.1, 0.15) is 24.9 Å². The zero-order valence-electron chi connectivity index (χ0n) is 18.9. The first-order chi connectivity index (χ1) is 15.5. The molecule has 1 amide bonds. The third kappa shape index (κ3) is 5.28. The van der Waals surface area contributed by atoms with Crippen LogP contribution < -0.4 is 14.8 Å². The minimum absolute atomic E-state index is 0.00879. The van der Waals surface area contributed by atoms with Crippen LogP contribution in [0.25, 0.3) is 0 Å². The number of carbonyl (C=O) groups excluding carboxylic acids is 1. The van der Waals surface area contributed by atoms with Crippen molar-refractivity contribution in [2.24, 2.45) is 5.92 Å². The van der Waals surface area contributed by atoms with Crippen molar-refractivity contribution in [1.29, 1.82) is 0 Å². The van der Waals surface area contributed by atoms with Crippen LogP contribution in [0.1, 0.15) is 42.2 Å². The lowest BCUT2D eigenvalue weighted by atomic mass is 9.97. The van der Waals surface area contributed by atoms with Crippen LogP contribution in [0.3, 0.4) is 0 Å². The standard InChI is InChI=1S/C25H30N4O3/c1-17(16-29-19(3)26-18(2)28-29)25(30)27-22(11-9-20-7-5-4-6-8-20)21-10-12-23-24(15-21)32-14-13-31-23/h4-8,10,12,15,17,22H,9,11,13-14,16H2,1-3H3,(H,27,30). The third-order valence-electron chi connectivity index (χ3n) is 5.71. The molecule has 2 heterocycles. The summed E-state index contributed by atoms with van der Waals surface area (Å²) in [6.07, 6.45) is 1.64. The van der Waals surface area contributed by atoms with Gasteiger partial charge in [-0.05, 0) is 49.9 Å². The highest BCUT2D eigenvalue weighted by Gasteiger charge is 2.22. The smallest absolute Gasteiger partial charge is 0.225 e. The van der Waals surface area contributed by atoms with Crippen LogP contribution in [0.15, 0.2) is 48.5 Å². The highest BCUT2D eigenvalue weighted by Crippen LogP contribution is 2.33. The number of hydrogen-bond acceptors (Lipinski definition) is 5. The Bertz CT molecular complexity index is 1060. The summed E-state index contributed by atoms with van der Waals surface area (Å²) < 4.78 is 13.2. The molecule has 4 rings (SSSR count). The van der Waals surface area contributed by atoms with Crippen LogP contribution >= 0.6 is 0 Å². The Hall–Kier alpha value is -3.35. The zero-order chi connectivity index (χ0) is 22.5. The summed E-state index contributed by atoms with van der Waals surface area (Å²) in [5, 5.41) is 7.65. The predicted octanol–water partition coefficient (Wildman–Crippen LogP) is 3.79. The summed E-state index contributed by atoms with van der Waals surface area (Å²) in [5.74, 6) is 2.76. The molecule has 0 saturated carbocycles. The molecule has 1 N–H and O–H groups in total. The van der Waals surface area contributed by atoms with Gasteiger partial charge in [-0.2, -0.15) is 5.10 Å². The summed E-state index contributed by atoms with van der Waals surface area (Å²) >= 11 is 0. The number of aromatic nitrogens is 3. The number of rotatable bonds is 8. The van der Waals surface area contributed by atoms with E-state index in [-0.39, 0.29) is 17.9 Å². The third-order valence-corrected chi connectivity index (χ3v) is 5.71. The molecule has 3 aromatic rings. The lowest BCUT2D eigenvalue weighted by molar-refractivity contribution is -0.125. The molecular weight excluding hydrogens is 404 g/mol. The number of amides is 1. The SMILES string of the molecule is Cc1nc(C)n(CC(C)C(=O)NC(CCc2ccccc2)c2ccc3c(c2)OCCO3)n1. The molecule has 168 valence electrons. The molecule has 1 aliphatic rings. The maximum Gasteiger partial charge on any atom is 0.225 e. The van der Waals surface area contributed by atoms with E-state index in [4.69, 9.17) is 9.47 Å². The predicted molar refractivity (Wildman–Crippen MR) is 122 cm³/mol. The van der Waals surface area contributed by atoms with Crippen molar-refractivity contribution < 1.29 is 14.3 Å². The highest BCUT2D eigenvalue weighted by molar-refractivity contribution is 5.78. The van der Waals surface area contributed by atoms with Gasteiger partial charge >= 0.3 is 0 Å². The largest absolute Gasteiger partial charge is 0.486 e. The maximum atomic E-state index is 13.1. The number of nitrogens with one attached hydrogen (secondary N) is 1. The molecule has 32 heavy (non-hydrogen) atoms. The lowest BCUT2D eigenvalue weighted by Gasteiger charge is -2.24. The van der Waals surface area contributed by atoms with Crippen molar-refractivity contribution in [1.82, 2.24) is 20.1 Å². The van der Waals surface area contributed by atoms with E-state index in [1.165, 1.54) is 5.56 Å². The Kier molecular flexibility index (Phi) is 6.73. The number of carbonyl (C=O) groups is 1. The highest BCUT2D eigenvalue weighted by atomic mass is 16.6. The molecule has 0 radical (unpaired) electrons. The van der Waals surface area contributed by atoms with Gasteiger partial charge < -0.3 is 14.8 Å². The molecule has 0 aliphatic carbocycles. The van der Waals surface area contributed by atoms with Crippen LogP contribution in [-0.2, 0) is 17.8 Å². The molecule has 2 atom stereocenters. The van der Waals surface area contributed by atoms with Crippen LogP contribution in [-0.4, -0.2) is 33.9 Å². The first kappa shape index (κ1) is 21.9. The van der Waals surface area contributed by atoms with Gasteiger partial charge in [0.2, 0.25) is 5.91 Å². The molecule has 0 saturated heterocycles. The van der Waals surface area contributed by atoms with Gasteiger partial charge in [0, 0.05) is 0 Å². The number of ether oxygens (including phenoxy) is 2. The second-order valence-corrected chi connectivity index (χ2v) is 8.28. The van der Waals surface area contributed by atoms with Crippen LogP contribution in [0.5, 0.6) is 11.5 Å². The Labute approximate surface area is 188 Å². The van der Waals surface area contributed by atoms with E-state index in [1.54, 1.807) is 4.68 Å². The quantitative estimate of drug-likeness (QED) is 0.584. The summed E-state index contributed by atoms with van der Waals surface area (Å²) in [7, 11) is 0. The van der Waals surface area contributed by atoms with Crippen LogP contribution in [0.4, 0.5) is 0 Å². The normalized spacial score (nSPS) is 14.6. The minimum atomic E-state index is -0.244. The Morgan fingerprint density at radius 1 is 1.09 bits per heavy atom. The van der Waals surface area contributed by atoms with Crippen molar-refractivity contribution in [2.75, 3.05) is 13.2 Å². The van der Waals surface area contributed by atoms with E-state index in [1.807, 2.05) is 57.2 Å². The van der Waals surface area contributed by atoms with Gasteiger partial charge in [0.25, 0.3) is 0 Å². The molecule has 0 fully saturated rings.